The van der Waals surface area contributed by atoms with E-state index >= 15 is 0 Å². The summed E-state index contributed by atoms with van der Waals surface area (Å²) in [6.45, 7) is 2.43. The first-order valence-electron chi connectivity index (χ1n) is 4.45. The molecular weight excluding hydrogens is 221 g/mol. The first-order valence-corrected chi connectivity index (χ1v) is 4.45. The first kappa shape index (κ1) is 12.3. The Balaban J connectivity index is 2.85. The predicted molar refractivity (Wildman–Crippen MR) is 49.8 cm³/mol. The number of pyridine rings is 1. The number of aromatic nitrogens is 1. The SMILES string of the molecule is Cc1nc(O[C@H](C)C(F)(F)F)ccc1C#N. The lowest BCUT2D eigenvalue weighted by atomic mass is 10.2. The van der Waals surface area contributed by atoms with Gasteiger partial charge in [-0.15, -0.1) is 0 Å². The molecule has 1 heterocycles. The second-order valence-corrected chi connectivity index (χ2v) is 3.20. The van der Waals surface area contributed by atoms with Crippen LogP contribution >= 0.6 is 0 Å². The Morgan fingerprint density at radius 3 is 2.50 bits per heavy atom. The predicted octanol–water partition coefficient (Wildman–Crippen LogP) is 2.59. The molecule has 6 heteroatoms. The molecule has 86 valence electrons. The third-order valence-corrected chi connectivity index (χ3v) is 1.94. The van der Waals surface area contributed by atoms with Crippen LogP contribution in [0.4, 0.5) is 13.2 Å². The Hall–Kier alpha value is -1.77. The molecule has 3 nitrogen and oxygen atoms in total. The molecule has 0 amide bonds. The van der Waals surface area contributed by atoms with Crippen molar-refractivity contribution in [2.45, 2.75) is 26.1 Å². The molecule has 0 saturated heterocycles. The first-order chi connectivity index (χ1) is 7.34. The van der Waals surface area contributed by atoms with Crippen LogP contribution in [-0.2, 0) is 0 Å². The Kier molecular flexibility index (Phi) is 3.38. The van der Waals surface area contributed by atoms with Gasteiger partial charge in [0.25, 0.3) is 0 Å². The Bertz CT molecular complexity index is 423. The van der Waals surface area contributed by atoms with Crippen molar-refractivity contribution in [1.82, 2.24) is 4.98 Å². The van der Waals surface area contributed by atoms with Crippen LogP contribution in [0.25, 0.3) is 0 Å². The molecular formula is C10H9F3N2O. The summed E-state index contributed by atoms with van der Waals surface area (Å²) in [4.78, 5) is 3.75. The van der Waals surface area contributed by atoms with Crippen LogP contribution in [0.1, 0.15) is 18.2 Å². The van der Waals surface area contributed by atoms with Crippen LogP contribution in [0.3, 0.4) is 0 Å². The standard InChI is InChI=1S/C10H9F3N2O/c1-6-8(5-14)3-4-9(15-6)16-7(2)10(11,12)13/h3-4,7H,1-2H3/t7-/m1/s1. The quantitative estimate of drug-likeness (QED) is 0.784. The van der Waals surface area contributed by atoms with E-state index in [-0.39, 0.29) is 5.88 Å². The average molecular weight is 230 g/mol. The molecule has 0 bridgehead atoms. The van der Waals surface area contributed by atoms with Gasteiger partial charge in [0.15, 0.2) is 6.10 Å². The van der Waals surface area contributed by atoms with Crippen molar-refractivity contribution in [3.63, 3.8) is 0 Å². The molecule has 0 aliphatic rings. The summed E-state index contributed by atoms with van der Waals surface area (Å²) in [7, 11) is 0. The minimum absolute atomic E-state index is 0.138. The molecule has 0 unspecified atom stereocenters. The highest BCUT2D eigenvalue weighted by Crippen LogP contribution is 2.24. The number of rotatable bonds is 2. The zero-order valence-corrected chi connectivity index (χ0v) is 8.67. The normalized spacial score (nSPS) is 13.0. The van der Waals surface area contributed by atoms with E-state index in [1.165, 1.54) is 19.1 Å². The van der Waals surface area contributed by atoms with Gasteiger partial charge in [-0.2, -0.15) is 18.4 Å². The van der Waals surface area contributed by atoms with Gasteiger partial charge in [0.1, 0.15) is 6.07 Å². The fraction of sp³-hybridized carbons (Fsp3) is 0.400. The number of hydrogen-bond acceptors (Lipinski definition) is 3. The third-order valence-electron chi connectivity index (χ3n) is 1.94. The molecule has 0 aromatic carbocycles. The summed E-state index contributed by atoms with van der Waals surface area (Å²) in [6, 6.07) is 4.49. The van der Waals surface area contributed by atoms with Crippen molar-refractivity contribution in [3.8, 4) is 11.9 Å². The molecule has 1 rings (SSSR count). The number of nitriles is 1. The third kappa shape index (κ3) is 2.86. The average Bonchev–Trinajstić information content (AvgIpc) is 2.16. The number of ether oxygens (including phenoxy) is 1. The molecule has 0 saturated carbocycles. The minimum atomic E-state index is -4.43. The van der Waals surface area contributed by atoms with Gasteiger partial charge in [-0.05, 0) is 19.9 Å². The zero-order valence-electron chi connectivity index (χ0n) is 8.67. The van der Waals surface area contributed by atoms with Gasteiger partial charge in [0.05, 0.1) is 11.3 Å². The molecule has 0 N–H and O–H groups in total. The van der Waals surface area contributed by atoms with E-state index in [4.69, 9.17) is 5.26 Å². The molecule has 1 atom stereocenters. The smallest absolute Gasteiger partial charge is 0.425 e. The molecule has 0 aliphatic carbocycles. The monoisotopic (exact) mass is 230 g/mol. The summed E-state index contributed by atoms with van der Waals surface area (Å²) < 4.78 is 41.1. The van der Waals surface area contributed by atoms with Crippen LogP contribution in [0, 0.1) is 18.3 Å². The van der Waals surface area contributed by atoms with Crippen LogP contribution in [0.15, 0.2) is 12.1 Å². The minimum Gasteiger partial charge on any atom is -0.465 e. The second kappa shape index (κ2) is 4.39. The van der Waals surface area contributed by atoms with Gasteiger partial charge in [0.2, 0.25) is 5.88 Å². The van der Waals surface area contributed by atoms with E-state index in [2.05, 4.69) is 9.72 Å². The van der Waals surface area contributed by atoms with Crippen molar-refractivity contribution < 1.29 is 17.9 Å². The molecule has 0 fully saturated rings. The number of alkyl halides is 3. The van der Waals surface area contributed by atoms with Gasteiger partial charge < -0.3 is 4.74 Å². The van der Waals surface area contributed by atoms with Gasteiger partial charge in [-0.1, -0.05) is 0 Å². The van der Waals surface area contributed by atoms with Crippen LogP contribution in [-0.4, -0.2) is 17.3 Å². The highest BCUT2D eigenvalue weighted by Gasteiger charge is 2.38. The summed E-state index contributed by atoms with van der Waals surface area (Å²) in [6.07, 6.45) is -6.35. The second-order valence-electron chi connectivity index (χ2n) is 3.20. The van der Waals surface area contributed by atoms with Crippen molar-refractivity contribution in [2.75, 3.05) is 0 Å². The molecule has 16 heavy (non-hydrogen) atoms. The molecule has 1 aromatic rings. The van der Waals surface area contributed by atoms with Gasteiger partial charge >= 0.3 is 6.18 Å². The maximum Gasteiger partial charge on any atom is 0.425 e. The molecule has 0 aliphatic heterocycles. The fourth-order valence-corrected chi connectivity index (χ4v) is 0.970. The maximum atomic E-state index is 12.2. The topological polar surface area (TPSA) is 45.9 Å². The van der Waals surface area contributed by atoms with Crippen LogP contribution in [0.5, 0.6) is 5.88 Å². The van der Waals surface area contributed by atoms with E-state index < -0.39 is 12.3 Å². The van der Waals surface area contributed by atoms with E-state index in [0.717, 1.165) is 6.92 Å². The largest absolute Gasteiger partial charge is 0.465 e. The molecule has 0 spiro atoms. The summed E-state index contributed by atoms with van der Waals surface area (Å²) in [5.74, 6) is -0.138. The summed E-state index contributed by atoms with van der Waals surface area (Å²) >= 11 is 0. The van der Waals surface area contributed by atoms with Crippen molar-refractivity contribution in [3.05, 3.63) is 23.4 Å². The number of nitrogens with zero attached hydrogens (tertiary/aromatic N) is 2. The lowest BCUT2D eigenvalue weighted by Gasteiger charge is -2.17. The summed E-state index contributed by atoms with van der Waals surface area (Å²) in [5.41, 5.74) is 0.654. The van der Waals surface area contributed by atoms with Crippen LogP contribution < -0.4 is 4.74 Å². The maximum absolute atomic E-state index is 12.2. The summed E-state index contributed by atoms with van der Waals surface area (Å²) in [5, 5.41) is 8.61. The van der Waals surface area contributed by atoms with Crippen LogP contribution in [0.2, 0.25) is 0 Å². The Morgan fingerprint density at radius 2 is 2.06 bits per heavy atom. The molecule has 1 aromatic heterocycles. The lowest BCUT2D eigenvalue weighted by Crippen LogP contribution is -2.31. The van der Waals surface area contributed by atoms with E-state index in [9.17, 15) is 13.2 Å². The molecule has 0 radical (unpaired) electrons. The van der Waals surface area contributed by atoms with Crippen molar-refractivity contribution in [2.24, 2.45) is 0 Å². The zero-order chi connectivity index (χ0) is 12.3. The van der Waals surface area contributed by atoms with Crippen molar-refractivity contribution >= 4 is 0 Å². The fourth-order valence-electron chi connectivity index (χ4n) is 0.970. The van der Waals surface area contributed by atoms with Crippen molar-refractivity contribution in [1.29, 1.82) is 5.26 Å². The van der Waals surface area contributed by atoms with E-state index in [1.54, 1.807) is 0 Å². The Labute approximate surface area is 90.5 Å². The lowest BCUT2D eigenvalue weighted by molar-refractivity contribution is -0.190. The van der Waals surface area contributed by atoms with E-state index in [0.29, 0.717) is 11.3 Å². The number of hydrogen-bond donors (Lipinski definition) is 0. The highest BCUT2D eigenvalue weighted by molar-refractivity contribution is 5.34. The number of aryl methyl sites for hydroxylation is 1. The van der Waals surface area contributed by atoms with E-state index in [1.807, 2.05) is 6.07 Å². The number of halogens is 3. The van der Waals surface area contributed by atoms with Gasteiger partial charge in [-0.25, -0.2) is 4.98 Å². The highest BCUT2D eigenvalue weighted by atomic mass is 19.4. The Morgan fingerprint density at radius 1 is 1.44 bits per heavy atom. The van der Waals surface area contributed by atoms with Gasteiger partial charge in [0, 0.05) is 6.07 Å². The van der Waals surface area contributed by atoms with Gasteiger partial charge in [-0.3, -0.25) is 0 Å².